The summed E-state index contributed by atoms with van der Waals surface area (Å²) >= 11 is 6.35. The third-order valence-corrected chi connectivity index (χ3v) is 4.43. The summed E-state index contributed by atoms with van der Waals surface area (Å²) in [7, 11) is 0. The van der Waals surface area contributed by atoms with Crippen LogP contribution in [0.15, 0.2) is 70.3 Å². The predicted molar refractivity (Wildman–Crippen MR) is 96.0 cm³/mol. The van der Waals surface area contributed by atoms with Crippen LogP contribution in [0, 0.1) is 0 Å². The van der Waals surface area contributed by atoms with Gasteiger partial charge in [0.05, 0.1) is 5.56 Å². The van der Waals surface area contributed by atoms with Gasteiger partial charge in [-0.15, -0.1) is 0 Å². The minimum Gasteiger partial charge on any atom is -0.440 e. The molecular formula is C19H13ClN2O3. The van der Waals surface area contributed by atoms with Crippen molar-refractivity contribution < 1.29 is 4.74 Å². The lowest BCUT2D eigenvalue weighted by molar-refractivity contribution is 0.464. The molecule has 2 N–H and O–H groups in total. The van der Waals surface area contributed by atoms with Crippen LogP contribution in [-0.4, -0.2) is 9.97 Å². The molecule has 0 fully saturated rings. The average Bonchev–Trinajstić information content (AvgIpc) is 2.61. The SMILES string of the molecule is O=c1[nH]c2c(c(=O)[nH]1)[C@@H](c1ccccc1Cl)C=C(c1ccccc1)O2. The highest BCUT2D eigenvalue weighted by molar-refractivity contribution is 6.31. The van der Waals surface area contributed by atoms with Crippen molar-refractivity contribution in [3.63, 3.8) is 0 Å². The lowest BCUT2D eigenvalue weighted by atomic mass is 9.89. The van der Waals surface area contributed by atoms with Gasteiger partial charge < -0.3 is 4.74 Å². The quantitative estimate of drug-likeness (QED) is 0.743. The molecule has 0 saturated carbocycles. The Bertz CT molecular complexity index is 1080. The number of aromatic amines is 2. The second-order valence-electron chi connectivity index (χ2n) is 5.65. The maximum atomic E-state index is 12.4. The molecule has 25 heavy (non-hydrogen) atoms. The van der Waals surface area contributed by atoms with Crippen molar-refractivity contribution in [2.24, 2.45) is 0 Å². The summed E-state index contributed by atoms with van der Waals surface area (Å²) < 4.78 is 5.81. The van der Waals surface area contributed by atoms with Crippen LogP contribution in [0.25, 0.3) is 5.76 Å². The fraction of sp³-hybridized carbons (Fsp3) is 0.0526. The number of fused-ring (bicyclic) bond motifs is 1. The molecule has 124 valence electrons. The van der Waals surface area contributed by atoms with E-state index >= 15 is 0 Å². The van der Waals surface area contributed by atoms with Crippen molar-refractivity contribution in [2.75, 3.05) is 0 Å². The Morgan fingerprint density at radius 2 is 1.64 bits per heavy atom. The molecule has 0 bridgehead atoms. The van der Waals surface area contributed by atoms with Gasteiger partial charge in [-0.1, -0.05) is 60.1 Å². The van der Waals surface area contributed by atoms with E-state index in [2.05, 4.69) is 9.97 Å². The second kappa shape index (κ2) is 6.11. The van der Waals surface area contributed by atoms with Gasteiger partial charge in [0.1, 0.15) is 5.76 Å². The first kappa shape index (κ1) is 15.5. The Labute approximate surface area is 147 Å². The van der Waals surface area contributed by atoms with Crippen molar-refractivity contribution in [1.29, 1.82) is 0 Å². The van der Waals surface area contributed by atoms with Gasteiger partial charge in [-0.2, -0.15) is 0 Å². The van der Waals surface area contributed by atoms with Gasteiger partial charge in [0.2, 0.25) is 5.88 Å². The Morgan fingerprint density at radius 1 is 0.920 bits per heavy atom. The van der Waals surface area contributed by atoms with Crippen LogP contribution in [0.5, 0.6) is 5.88 Å². The van der Waals surface area contributed by atoms with E-state index in [0.29, 0.717) is 16.3 Å². The fourth-order valence-electron chi connectivity index (χ4n) is 2.95. The molecule has 0 saturated heterocycles. The molecule has 0 amide bonds. The normalized spacial score (nSPS) is 15.9. The van der Waals surface area contributed by atoms with Crippen molar-refractivity contribution in [3.05, 3.63) is 103 Å². The van der Waals surface area contributed by atoms with Gasteiger partial charge in [0.25, 0.3) is 5.56 Å². The lowest BCUT2D eigenvalue weighted by Gasteiger charge is -2.24. The zero-order valence-electron chi connectivity index (χ0n) is 13.0. The van der Waals surface area contributed by atoms with Crippen LogP contribution in [-0.2, 0) is 0 Å². The molecule has 2 heterocycles. The van der Waals surface area contributed by atoms with Crippen LogP contribution in [0.3, 0.4) is 0 Å². The number of aromatic nitrogens is 2. The first-order valence-electron chi connectivity index (χ1n) is 7.69. The minimum absolute atomic E-state index is 0.139. The van der Waals surface area contributed by atoms with Crippen molar-refractivity contribution in [1.82, 2.24) is 9.97 Å². The maximum absolute atomic E-state index is 12.4. The van der Waals surface area contributed by atoms with E-state index in [1.807, 2.05) is 54.6 Å². The summed E-state index contributed by atoms with van der Waals surface area (Å²) in [5.41, 5.74) is 0.821. The Balaban J connectivity index is 1.97. The summed E-state index contributed by atoms with van der Waals surface area (Å²) in [6, 6.07) is 16.8. The number of H-pyrrole nitrogens is 2. The minimum atomic E-state index is -0.615. The van der Waals surface area contributed by atoms with Gasteiger partial charge in [-0.3, -0.25) is 14.8 Å². The van der Waals surface area contributed by atoms with E-state index in [9.17, 15) is 9.59 Å². The number of hydrogen-bond donors (Lipinski definition) is 2. The summed E-state index contributed by atoms with van der Waals surface area (Å²) in [4.78, 5) is 28.9. The standard InChI is InChI=1S/C19H13ClN2O3/c20-14-9-5-4-8-12(14)13-10-15(11-6-2-1-3-7-11)25-18-16(13)17(23)21-19(24)22-18/h1-10,13H,(H2,21,22,23,24)/t13-/m1/s1. The molecule has 0 unspecified atom stereocenters. The van der Waals surface area contributed by atoms with Crippen molar-refractivity contribution >= 4 is 17.4 Å². The number of hydrogen-bond acceptors (Lipinski definition) is 3. The highest BCUT2D eigenvalue weighted by Gasteiger charge is 2.29. The average molecular weight is 353 g/mol. The monoisotopic (exact) mass is 352 g/mol. The number of halogens is 1. The number of ether oxygens (including phenoxy) is 1. The largest absolute Gasteiger partial charge is 0.440 e. The fourth-order valence-corrected chi connectivity index (χ4v) is 3.20. The van der Waals surface area contributed by atoms with E-state index in [-0.39, 0.29) is 5.88 Å². The number of nitrogens with one attached hydrogen (secondary N) is 2. The van der Waals surface area contributed by atoms with E-state index < -0.39 is 17.2 Å². The lowest BCUT2D eigenvalue weighted by Crippen LogP contribution is -2.30. The molecule has 5 nitrogen and oxygen atoms in total. The summed E-state index contributed by atoms with van der Waals surface area (Å²) in [5, 5.41) is 0.537. The van der Waals surface area contributed by atoms with Gasteiger partial charge >= 0.3 is 5.69 Å². The first-order valence-corrected chi connectivity index (χ1v) is 8.07. The van der Waals surface area contributed by atoms with Crippen molar-refractivity contribution in [3.8, 4) is 5.88 Å². The van der Waals surface area contributed by atoms with Crippen LogP contribution < -0.4 is 16.0 Å². The van der Waals surface area contributed by atoms with Gasteiger partial charge in [-0.05, 0) is 17.7 Å². The molecule has 6 heteroatoms. The molecular weight excluding hydrogens is 340 g/mol. The number of rotatable bonds is 2. The first-order chi connectivity index (χ1) is 12.1. The van der Waals surface area contributed by atoms with Gasteiger partial charge in [-0.25, -0.2) is 4.79 Å². The third-order valence-electron chi connectivity index (χ3n) is 4.08. The molecule has 1 aromatic heterocycles. The molecule has 0 aliphatic carbocycles. The van der Waals surface area contributed by atoms with E-state index in [4.69, 9.17) is 16.3 Å². The molecule has 3 aromatic rings. The number of allylic oxidation sites excluding steroid dienone is 1. The van der Waals surface area contributed by atoms with Crippen LogP contribution in [0.2, 0.25) is 5.02 Å². The smallest absolute Gasteiger partial charge is 0.328 e. The summed E-state index contributed by atoms with van der Waals surface area (Å²) in [5.74, 6) is 0.257. The summed E-state index contributed by atoms with van der Waals surface area (Å²) in [6.45, 7) is 0. The molecule has 2 aromatic carbocycles. The van der Waals surface area contributed by atoms with Crippen LogP contribution in [0.1, 0.15) is 22.6 Å². The highest BCUT2D eigenvalue weighted by Crippen LogP contribution is 2.39. The highest BCUT2D eigenvalue weighted by atomic mass is 35.5. The maximum Gasteiger partial charge on any atom is 0.328 e. The Hall–Kier alpha value is -3.05. The van der Waals surface area contributed by atoms with Crippen LogP contribution in [0.4, 0.5) is 0 Å². The molecule has 0 spiro atoms. The molecule has 1 aliphatic rings. The molecule has 1 aliphatic heterocycles. The zero-order valence-corrected chi connectivity index (χ0v) is 13.7. The topological polar surface area (TPSA) is 75.0 Å². The van der Waals surface area contributed by atoms with Crippen LogP contribution >= 0.6 is 11.6 Å². The van der Waals surface area contributed by atoms with Gasteiger partial charge in [0.15, 0.2) is 0 Å². The third kappa shape index (κ3) is 2.79. The zero-order chi connectivity index (χ0) is 17.4. The second-order valence-corrected chi connectivity index (χ2v) is 6.06. The number of benzene rings is 2. The van der Waals surface area contributed by atoms with Gasteiger partial charge in [0, 0.05) is 16.5 Å². The molecule has 0 radical (unpaired) electrons. The molecule has 1 atom stereocenters. The predicted octanol–water partition coefficient (Wildman–Crippen LogP) is 3.28. The van der Waals surface area contributed by atoms with Crippen molar-refractivity contribution in [2.45, 2.75) is 5.92 Å². The Kier molecular flexibility index (Phi) is 3.78. The van der Waals surface area contributed by atoms with E-state index in [1.165, 1.54) is 0 Å². The Morgan fingerprint density at radius 3 is 2.40 bits per heavy atom. The van der Waals surface area contributed by atoms with E-state index in [1.54, 1.807) is 6.07 Å². The van der Waals surface area contributed by atoms with E-state index in [0.717, 1.165) is 11.1 Å². The molecule has 4 rings (SSSR count). The summed E-state index contributed by atoms with van der Waals surface area (Å²) in [6.07, 6.45) is 1.84.